The number of hydrogen-bond donors (Lipinski definition) is 1. The van der Waals surface area contributed by atoms with E-state index in [4.69, 9.17) is 11.6 Å². The van der Waals surface area contributed by atoms with E-state index in [2.05, 4.69) is 16.4 Å². The van der Waals surface area contributed by atoms with Gasteiger partial charge in [0.05, 0.1) is 0 Å². The molecule has 2 nitrogen and oxygen atoms in total. The van der Waals surface area contributed by atoms with E-state index in [1.807, 2.05) is 12.3 Å². The molecule has 0 amide bonds. The number of rotatable bonds is 1. The van der Waals surface area contributed by atoms with Gasteiger partial charge in [0.2, 0.25) is 0 Å². The Morgan fingerprint density at radius 3 is 2.93 bits per heavy atom. The van der Waals surface area contributed by atoms with Crippen molar-refractivity contribution in [2.45, 2.75) is 18.8 Å². The lowest BCUT2D eigenvalue weighted by Gasteiger charge is -2.22. The van der Waals surface area contributed by atoms with Crippen LogP contribution in [0.25, 0.3) is 0 Å². The van der Waals surface area contributed by atoms with Crippen LogP contribution in [-0.4, -0.2) is 18.1 Å². The molecule has 1 aliphatic carbocycles. The molecule has 1 saturated heterocycles. The van der Waals surface area contributed by atoms with Crippen molar-refractivity contribution >= 4 is 11.6 Å². The molecule has 3 heteroatoms. The van der Waals surface area contributed by atoms with Crippen molar-refractivity contribution in [3.8, 4) is 0 Å². The Bertz CT molecular complexity index is 349. The highest BCUT2D eigenvalue weighted by Gasteiger charge is 2.37. The lowest BCUT2D eigenvalue weighted by atomic mass is 9.90. The van der Waals surface area contributed by atoms with E-state index in [1.54, 1.807) is 0 Å². The summed E-state index contributed by atoms with van der Waals surface area (Å²) >= 11 is 5.81. The van der Waals surface area contributed by atoms with Gasteiger partial charge in [-0.3, -0.25) is 0 Å². The van der Waals surface area contributed by atoms with Crippen LogP contribution in [0.15, 0.2) is 18.3 Å². The second-order valence-corrected chi connectivity index (χ2v) is 5.16. The van der Waals surface area contributed by atoms with E-state index in [0.717, 1.165) is 11.8 Å². The van der Waals surface area contributed by atoms with Gasteiger partial charge in [-0.1, -0.05) is 17.7 Å². The number of halogens is 1. The van der Waals surface area contributed by atoms with E-state index in [1.165, 1.54) is 31.5 Å². The minimum Gasteiger partial charge on any atom is -0.316 e. The molecular formula is C12H15ClN2. The zero-order valence-electron chi connectivity index (χ0n) is 8.62. The van der Waals surface area contributed by atoms with Crippen LogP contribution in [0.2, 0.25) is 5.15 Å². The Morgan fingerprint density at radius 2 is 2.20 bits per heavy atom. The first kappa shape index (κ1) is 9.61. The fourth-order valence-electron chi connectivity index (χ4n) is 3.12. The lowest BCUT2D eigenvalue weighted by Crippen LogP contribution is -2.31. The molecular weight excluding hydrogens is 208 g/mol. The third-order valence-electron chi connectivity index (χ3n) is 3.81. The summed E-state index contributed by atoms with van der Waals surface area (Å²) in [6, 6.07) is 4.05. The van der Waals surface area contributed by atoms with Crippen molar-refractivity contribution in [2.24, 2.45) is 11.8 Å². The van der Waals surface area contributed by atoms with Gasteiger partial charge in [-0.15, -0.1) is 0 Å². The van der Waals surface area contributed by atoms with Crippen LogP contribution in [0.1, 0.15) is 24.3 Å². The minimum atomic E-state index is 0.595. The molecule has 1 aliphatic heterocycles. The third-order valence-corrected chi connectivity index (χ3v) is 4.03. The number of nitrogens with one attached hydrogen (secondary N) is 1. The summed E-state index contributed by atoms with van der Waals surface area (Å²) in [6.45, 7) is 2.37. The molecule has 2 fully saturated rings. The van der Waals surface area contributed by atoms with Crippen molar-refractivity contribution in [3.63, 3.8) is 0 Å². The first-order valence-electron chi connectivity index (χ1n) is 5.65. The maximum atomic E-state index is 5.81. The number of fused-ring (bicyclic) bond motifs is 2. The molecule has 15 heavy (non-hydrogen) atoms. The summed E-state index contributed by atoms with van der Waals surface area (Å²) in [5.74, 6) is 2.39. The normalized spacial score (nSPS) is 34.3. The first-order valence-corrected chi connectivity index (χ1v) is 6.03. The SMILES string of the molecule is Clc1ccc(C2CC3CNCC2C3)cn1. The van der Waals surface area contributed by atoms with Crippen molar-refractivity contribution in [3.05, 3.63) is 29.0 Å². The van der Waals surface area contributed by atoms with Crippen molar-refractivity contribution < 1.29 is 0 Å². The Kier molecular flexibility index (Phi) is 2.41. The molecule has 1 N–H and O–H groups in total. The largest absolute Gasteiger partial charge is 0.316 e. The predicted octanol–water partition coefficient (Wildman–Crippen LogP) is 2.45. The molecule has 1 aromatic heterocycles. The van der Waals surface area contributed by atoms with E-state index >= 15 is 0 Å². The molecule has 80 valence electrons. The molecule has 0 aromatic carbocycles. The Labute approximate surface area is 95.0 Å². The fraction of sp³-hybridized carbons (Fsp3) is 0.583. The van der Waals surface area contributed by atoms with E-state index in [0.29, 0.717) is 11.1 Å². The van der Waals surface area contributed by atoms with Crippen LogP contribution in [0.4, 0.5) is 0 Å². The second-order valence-electron chi connectivity index (χ2n) is 4.78. The molecule has 1 aromatic rings. The van der Waals surface area contributed by atoms with Gasteiger partial charge in [0.1, 0.15) is 5.15 Å². The van der Waals surface area contributed by atoms with Gasteiger partial charge in [-0.05, 0) is 55.3 Å². The summed E-state index contributed by atoms with van der Waals surface area (Å²) in [4.78, 5) is 4.18. The highest BCUT2D eigenvalue weighted by molar-refractivity contribution is 6.29. The first-order chi connectivity index (χ1) is 7.33. The summed E-state index contributed by atoms with van der Waals surface area (Å²) in [5.41, 5.74) is 1.37. The van der Waals surface area contributed by atoms with E-state index in [-0.39, 0.29) is 0 Å². The zero-order chi connectivity index (χ0) is 10.3. The third kappa shape index (κ3) is 1.77. The number of piperidine rings is 1. The predicted molar refractivity (Wildman–Crippen MR) is 61.1 cm³/mol. The molecule has 1 saturated carbocycles. The molecule has 2 aliphatic rings. The Balaban J connectivity index is 1.85. The molecule has 0 radical (unpaired) electrons. The van der Waals surface area contributed by atoms with Crippen molar-refractivity contribution in [1.82, 2.24) is 10.3 Å². The van der Waals surface area contributed by atoms with E-state index in [9.17, 15) is 0 Å². The summed E-state index contributed by atoms with van der Waals surface area (Å²) in [5, 5.41) is 4.11. The van der Waals surface area contributed by atoms with Crippen LogP contribution < -0.4 is 5.32 Å². The average Bonchev–Trinajstić information content (AvgIpc) is 2.55. The number of pyridine rings is 1. The van der Waals surface area contributed by atoms with Gasteiger partial charge >= 0.3 is 0 Å². The number of nitrogens with zero attached hydrogens (tertiary/aromatic N) is 1. The number of hydrogen-bond acceptors (Lipinski definition) is 2. The quantitative estimate of drug-likeness (QED) is 0.739. The highest BCUT2D eigenvalue weighted by Crippen LogP contribution is 2.44. The van der Waals surface area contributed by atoms with Crippen LogP contribution >= 0.6 is 11.6 Å². The average molecular weight is 223 g/mol. The standard InChI is InChI=1S/C12H15ClN2/c13-12-2-1-9(7-15-12)11-4-8-3-10(11)6-14-5-8/h1-2,7-8,10-11,14H,3-6H2. The van der Waals surface area contributed by atoms with Gasteiger partial charge < -0.3 is 5.32 Å². The Hall–Kier alpha value is -0.600. The van der Waals surface area contributed by atoms with Crippen molar-refractivity contribution in [2.75, 3.05) is 13.1 Å². The summed E-state index contributed by atoms with van der Waals surface area (Å²) in [6.07, 6.45) is 4.66. The van der Waals surface area contributed by atoms with Gasteiger partial charge in [0.25, 0.3) is 0 Å². The lowest BCUT2D eigenvalue weighted by molar-refractivity contribution is 0.370. The Morgan fingerprint density at radius 1 is 1.27 bits per heavy atom. The van der Waals surface area contributed by atoms with Crippen LogP contribution in [0.5, 0.6) is 0 Å². The minimum absolute atomic E-state index is 0.595. The maximum Gasteiger partial charge on any atom is 0.129 e. The summed E-state index contributed by atoms with van der Waals surface area (Å²) in [7, 11) is 0. The topological polar surface area (TPSA) is 24.9 Å². The van der Waals surface area contributed by atoms with Gasteiger partial charge in [0, 0.05) is 6.20 Å². The molecule has 3 unspecified atom stereocenters. The highest BCUT2D eigenvalue weighted by atomic mass is 35.5. The van der Waals surface area contributed by atoms with Crippen molar-refractivity contribution in [1.29, 1.82) is 0 Å². The zero-order valence-corrected chi connectivity index (χ0v) is 9.37. The molecule has 0 spiro atoms. The fourth-order valence-corrected chi connectivity index (χ4v) is 3.23. The van der Waals surface area contributed by atoms with Crippen LogP contribution in [0, 0.1) is 11.8 Å². The molecule has 2 bridgehead atoms. The van der Waals surface area contributed by atoms with Gasteiger partial charge in [-0.2, -0.15) is 0 Å². The van der Waals surface area contributed by atoms with Gasteiger partial charge in [-0.25, -0.2) is 4.98 Å². The molecule has 3 atom stereocenters. The van der Waals surface area contributed by atoms with Crippen LogP contribution in [0.3, 0.4) is 0 Å². The second kappa shape index (κ2) is 3.76. The van der Waals surface area contributed by atoms with E-state index < -0.39 is 0 Å². The summed E-state index contributed by atoms with van der Waals surface area (Å²) < 4.78 is 0. The molecule has 3 rings (SSSR count). The van der Waals surface area contributed by atoms with Gasteiger partial charge in [0.15, 0.2) is 0 Å². The monoisotopic (exact) mass is 222 g/mol. The molecule has 2 heterocycles. The maximum absolute atomic E-state index is 5.81. The van der Waals surface area contributed by atoms with Crippen LogP contribution in [-0.2, 0) is 0 Å². The number of aromatic nitrogens is 1. The smallest absolute Gasteiger partial charge is 0.129 e.